The van der Waals surface area contributed by atoms with Crippen molar-refractivity contribution in [2.24, 2.45) is 10.1 Å². The first-order valence-corrected chi connectivity index (χ1v) is 7.30. The SMILES string of the molecule is N#C/N=C(/Oc1ccccc1)N1CNC(c2ccc(Cl)c(F)c2)=N1. The number of hydrogen-bond donors (Lipinski definition) is 1. The van der Waals surface area contributed by atoms with Gasteiger partial charge in [0, 0.05) is 5.56 Å². The van der Waals surface area contributed by atoms with Gasteiger partial charge in [-0.1, -0.05) is 29.8 Å². The van der Waals surface area contributed by atoms with Crippen LogP contribution in [0, 0.1) is 17.3 Å². The maximum atomic E-state index is 13.6. The molecular formula is C16H11ClFN5O. The van der Waals surface area contributed by atoms with E-state index in [-0.39, 0.29) is 17.7 Å². The molecule has 2 aromatic carbocycles. The molecule has 0 atom stereocenters. The molecule has 2 aromatic rings. The van der Waals surface area contributed by atoms with E-state index in [1.165, 1.54) is 17.1 Å². The Kier molecular flexibility index (Phi) is 4.59. The number of nitrogens with zero attached hydrogens (tertiary/aromatic N) is 4. The van der Waals surface area contributed by atoms with Crippen LogP contribution in [0.4, 0.5) is 4.39 Å². The van der Waals surface area contributed by atoms with Crippen LogP contribution in [0.3, 0.4) is 0 Å². The number of hydrazone groups is 1. The van der Waals surface area contributed by atoms with Gasteiger partial charge < -0.3 is 10.1 Å². The zero-order chi connectivity index (χ0) is 16.9. The Balaban J connectivity index is 1.83. The molecule has 24 heavy (non-hydrogen) atoms. The predicted octanol–water partition coefficient (Wildman–Crippen LogP) is 2.92. The highest BCUT2D eigenvalue weighted by atomic mass is 35.5. The minimum absolute atomic E-state index is 0.0145. The summed E-state index contributed by atoms with van der Waals surface area (Å²) in [6, 6.07) is 13.3. The second-order valence-corrected chi connectivity index (χ2v) is 5.13. The van der Waals surface area contributed by atoms with E-state index in [2.05, 4.69) is 15.4 Å². The summed E-state index contributed by atoms with van der Waals surface area (Å²) < 4.78 is 19.2. The summed E-state index contributed by atoms with van der Waals surface area (Å²) in [7, 11) is 0. The van der Waals surface area contributed by atoms with Crippen LogP contribution in [-0.4, -0.2) is 23.5 Å². The van der Waals surface area contributed by atoms with E-state index in [1.54, 1.807) is 36.5 Å². The molecule has 0 saturated carbocycles. The van der Waals surface area contributed by atoms with Gasteiger partial charge in [-0.3, -0.25) is 0 Å². The van der Waals surface area contributed by atoms with Crippen LogP contribution in [-0.2, 0) is 0 Å². The molecule has 1 heterocycles. The number of para-hydroxylation sites is 1. The molecule has 120 valence electrons. The minimum Gasteiger partial charge on any atom is -0.424 e. The van der Waals surface area contributed by atoms with E-state index in [4.69, 9.17) is 21.6 Å². The lowest BCUT2D eigenvalue weighted by molar-refractivity contribution is 0.368. The fraction of sp³-hybridized carbons (Fsp3) is 0.0625. The van der Waals surface area contributed by atoms with E-state index in [9.17, 15) is 4.39 Å². The Morgan fingerprint density at radius 3 is 2.83 bits per heavy atom. The molecule has 0 unspecified atom stereocenters. The smallest absolute Gasteiger partial charge is 0.331 e. The van der Waals surface area contributed by atoms with Crippen LogP contribution < -0.4 is 10.1 Å². The lowest BCUT2D eigenvalue weighted by atomic mass is 10.2. The zero-order valence-corrected chi connectivity index (χ0v) is 13.0. The van der Waals surface area contributed by atoms with E-state index < -0.39 is 5.82 Å². The van der Waals surface area contributed by atoms with Crippen molar-refractivity contribution in [1.29, 1.82) is 5.26 Å². The van der Waals surface area contributed by atoms with Gasteiger partial charge in [0.2, 0.25) is 6.19 Å². The monoisotopic (exact) mass is 343 g/mol. The van der Waals surface area contributed by atoms with Gasteiger partial charge in [0.1, 0.15) is 18.2 Å². The van der Waals surface area contributed by atoms with Crippen molar-refractivity contribution >= 4 is 23.5 Å². The average molecular weight is 344 g/mol. The molecule has 0 aliphatic carbocycles. The van der Waals surface area contributed by atoms with Crippen LogP contribution in [0.5, 0.6) is 5.75 Å². The topological polar surface area (TPSA) is 73.0 Å². The van der Waals surface area contributed by atoms with Gasteiger partial charge in [0.25, 0.3) is 0 Å². The van der Waals surface area contributed by atoms with Crippen LogP contribution in [0.2, 0.25) is 5.02 Å². The fourth-order valence-corrected chi connectivity index (χ4v) is 2.14. The molecular weight excluding hydrogens is 333 g/mol. The van der Waals surface area contributed by atoms with Gasteiger partial charge >= 0.3 is 6.02 Å². The summed E-state index contributed by atoms with van der Waals surface area (Å²) in [5, 5.41) is 17.5. The van der Waals surface area contributed by atoms with Crippen molar-refractivity contribution in [3.8, 4) is 11.9 Å². The number of nitrogens with one attached hydrogen (secondary N) is 1. The normalized spacial score (nSPS) is 14.0. The first kappa shape index (κ1) is 15.8. The van der Waals surface area contributed by atoms with Crippen molar-refractivity contribution in [2.45, 2.75) is 0 Å². The van der Waals surface area contributed by atoms with Crippen molar-refractivity contribution in [1.82, 2.24) is 10.3 Å². The minimum atomic E-state index is -0.538. The average Bonchev–Trinajstić information content (AvgIpc) is 3.08. The standard InChI is InChI=1S/C16H11ClFN5O/c17-13-7-6-11(8-14(13)18)15-21-10-23(22-15)16(20-9-19)24-12-4-2-1-3-5-12/h1-8H,10H2,(H,21,22)/b20-16+. The van der Waals surface area contributed by atoms with E-state index >= 15 is 0 Å². The number of hydrogen-bond acceptors (Lipinski definition) is 5. The maximum Gasteiger partial charge on any atom is 0.331 e. The molecule has 1 aliphatic heterocycles. The van der Waals surface area contributed by atoms with Gasteiger partial charge in [-0.05, 0) is 30.3 Å². The molecule has 0 radical (unpaired) electrons. The van der Waals surface area contributed by atoms with Gasteiger partial charge in [0.15, 0.2) is 5.84 Å². The summed E-state index contributed by atoms with van der Waals surface area (Å²) in [5.74, 6) is 0.407. The molecule has 8 heteroatoms. The quantitative estimate of drug-likeness (QED) is 0.517. The number of ether oxygens (including phenoxy) is 1. The van der Waals surface area contributed by atoms with Crippen molar-refractivity contribution in [3.05, 3.63) is 64.9 Å². The zero-order valence-electron chi connectivity index (χ0n) is 12.3. The molecule has 0 saturated heterocycles. The molecule has 1 N–H and O–H groups in total. The van der Waals surface area contributed by atoms with Gasteiger partial charge in [-0.15, -0.1) is 10.1 Å². The molecule has 6 nitrogen and oxygen atoms in total. The van der Waals surface area contributed by atoms with Crippen molar-refractivity contribution < 1.29 is 9.13 Å². The van der Waals surface area contributed by atoms with E-state index in [0.717, 1.165) is 0 Å². The summed E-state index contributed by atoms with van der Waals surface area (Å²) >= 11 is 5.68. The second kappa shape index (κ2) is 6.98. The van der Waals surface area contributed by atoms with E-state index in [1.807, 2.05) is 6.07 Å². The summed E-state index contributed by atoms with van der Waals surface area (Å²) in [4.78, 5) is 3.64. The Hall–Kier alpha value is -3.11. The number of halogens is 2. The summed E-state index contributed by atoms with van der Waals surface area (Å²) in [6.07, 6.45) is 1.68. The van der Waals surface area contributed by atoms with Crippen LogP contribution in [0.1, 0.15) is 5.56 Å². The molecule has 1 aliphatic rings. The highest BCUT2D eigenvalue weighted by molar-refractivity contribution is 6.30. The Bertz CT molecular complexity index is 847. The summed E-state index contributed by atoms with van der Waals surface area (Å²) in [5.41, 5.74) is 0.524. The number of nitriles is 1. The first-order valence-electron chi connectivity index (χ1n) is 6.92. The third-order valence-corrected chi connectivity index (χ3v) is 3.44. The van der Waals surface area contributed by atoms with Gasteiger partial charge in [0.05, 0.1) is 5.02 Å². The Morgan fingerprint density at radius 2 is 2.12 bits per heavy atom. The molecule has 0 amide bonds. The van der Waals surface area contributed by atoms with Crippen LogP contribution >= 0.6 is 11.6 Å². The highest BCUT2D eigenvalue weighted by Gasteiger charge is 2.22. The van der Waals surface area contributed by atoms with Crippen molar-refractivity contribution in [2.75, 3.05) is 6.67 Å². The first-order chi connectivity index (χ1) is 11.7. The molecule has 0 fully saturated rings. The number of benzene rings is 2. The third-order valence-electron chi connectivity index (χ3n) is 3.13. The number of rotatable bonds is 2. The lowest BCUT2D eigenvalue weighted by Gasteiger charge is -2.14. The molecule has 0 aromatic heterocycles. The number of aliphatic imine (C=N–C) groups is 1. The van der Waals surface area contributed by atoms with Crippen LogP contribution in [0.25, 0.3) is 0 Å². The molecule has 0 spiro atoms. The Morgan fingerprint density at radius 1 is 1.33 bits per heavy atom. The fourth-order valence-electron chi connectivity index (χ4n) is 2.02. The highest BCUT2D eigenvalue weighted by Crippen LogP contribution is 2.18. The molecule has 3 rings (SSSR count). The van der Waals surface area contributed by atoms with Crippen LogP contribution in [0.15, 0.2) is 58.6 Å². The summed E-state index contributed by atoms with van der Waals surface area (Å²) in [6.45, 7) is 0.229. The third kappa shape index (κ3) is 3.45. The van der Waals surface area contributed by atoms with Gasteiger partial charge in [-0.25, -0.2) is 4.39 Å². The second-order valence-electron chi connectivity index (χ2n) is 4.72. The van der Waals surface area contributed by atoms with Crippen molar-refractivity contribution in [3.63, 3.8) is 0 Å². The lowest BCUT2D eigenvalue weighted by Crippen LogP contribution is -2.32. The number of amidine groups is 2. The predicted molar refractivity (Wildman–Crippen MR) is 87.9 cm³/mol. The molecule has 0 bridgehead atoms. The van der Waals surface area contributed by atoms with Gasteiger partial charge in [-0.2, -0.15) is 10.3 Å². The maximum absolute atomic E-state index is 13.6. The largest absolute Gasteiger partial charge is 0.424 e. The van der Waals surface area contributed by atoms with E-state index in [0.29, 0.717) is 17.1 Å². The Labute approximate surface area is 142 Å².